The zero-order valence-corrected chi connectivity index (χ0v) is 22.4. The van der Waals surface area contributed by atoms with Gasteiger partial charge < -0.3 is 19.9 Å². The lowest BCUT2D eigenvalue weighted by atomic mass is 9.94. The molecule has 1 saturated heterocycles. The summed E-state index contributed by atoms with van der Waals surface area (Å²) in [6.45, 7) is 12.1. The summed E-state index contributed by atoms with van der Waals surface area (Å²) >= 11 is 18.8. The van der Waals surface area contributed by atoms with E-state index in [4.69, 9.17) is 39.5 Å². The van der Waals surface area contributed by atoms with Crippen molar-refractivity contribution in [2.45, 2.75) is 34.6 Å². The van der Waals surface area contributed by atoms with Gasteiger partial charge in [0.1, 0.15) is 0 Å². The van der Waals surface area contributed by atoms with Crippen LogP contribution in [0.3, 0.4) is 0 Å². The molecule has 1 aliphatic rings. The molecule has 0 spiro atoms. The van der Waals surface area contributed by atoms with Crippen molar-refractivity contribution >= 4 is 58.0 Å². The molecule has 1 heterocycles. The van der Waals surface area contributed by atoms with E-state index in [1.807, 2.05) is 49.9 Å². The summed E-state index contributed by atoms with van der Waals surface area (Å²) in [6.07, 6.45) is 0. The van der Waals surface area contributed by atoms with Crippen LogP contribution < -0.4 is 15.0 Å². The van der Waals surface area contributed by atoms with Gasteiger partial charge in [-0.2, -0.15) is 0 Å². The average Bonchev–Trinajstić information content (AvgIpc) is 2.81. The van der Waals surface area contributed by atoms with E-state index >= 15 is 0 Å². The van der Waals surface area contributed by atoms with Crippen LogP contribution in [0.15, 0.2) is 24.3 Å². The standard InChI is InChI=1S/C25H30Cl3N3O3/c1-15-20(26)16(2)22(28)23(21(15)27)34-14-19(32)29-17-6-8-18(9-7-17)30-10-12-31(13-11-30)24(33)25(3,4)5/h6-9H,10-14H2,1-5H3,(H,29,32). The number of hydrogen-bond donors (Lipinski definition) is 1. The molecule has 34 heavy (non-hydrogen) atoms. The molecule has 0 aromatic heterocycles. The van der Waals surface area contributed by atoms with Crippen LogP contribution >= 0.6 is 34.8 Å². The van der Waals surface area contributed by atoms with Gasteiger partial charge in [-0.05, 0) is 49.2 Å². The highest BCUT2D eigenvalue weighted by atomic mass is 35.5. The predicted molar refractivity (Wildman–Crippen MR) is 140 cm³/mol. The second-order valence-electron chi connectivity index (χ2n) is 9.43. The average molecular weight is 527 g/mol. The molecule has 1 aliphatic heterocycles. The third-order valence-electron chi connectivity index (χ3n) is 5.79. The van der Waals surface area contributed by atoms with E-state index in [1.165, 1.54) is 0 Å². The first-order valence-corrected chi connectivity index (χ1v) is 12.2. The van der Waals surface area contributed by atoms with E-state index in [-0.39, 0.29) is 29.6 Å². The largest absolute Gasteiger partial charge is 0.481 e. The molecular weight excluding hydrogens is 497 g/mol. The van der Waals surface area contributed by atoms with Crippen molar-refractivity contribution in [3.8, 4) is 5.75 Å². The SMILES string of the molecule is Cc1c(Cl)c(C)c(Cl)c(OCC(=O)Nc2ccc(N3CCN(C(=O)C(C)(C)C)CC3)cc2)c1Cl. The Morgan fingerprint density at radius 2 is 1.44 bits per heavy atom. The minimum Gasteiger partial charge on any atom is -0.481 e. The number of ether oxygens (including phenoxy) is 1. The fraction of sp³-hybridized carbons (Fsp3) is 0.440. The molecule has 2 amide bonds. The minimum absolute atomic E-state index is 0.180. The number of hydrogen-bond acceptors (Lipinski definition) is 4. The normalized spacial score (nSPS) is 14.2. The number of anilines is 2. The summed E-state index contributed by atoms with van der Waals surface area (Å²) in [5.74, 6) is 0.0932. The third-order valence-corrected chi connectivity index (χ3v) is 7.27. The third kappa shape index (κ3) is 5.91. The molecule has 184 valence electrons. The van der Waals surface area contributed by atoms with Crippen LogP contribution in [-0.2, 0) is 9.59 Å². The minimum atomic E-state index is -0.367. The summed E-state index contributed by atoms with van der Waals surface area (Å²) in [6, 6.07) is 7.60. The van der Waals surface area contributed by atoms with Crippen LogP contribution in [-0.4, -0.2) is 49.5 Å². The molecule has 0 aliphatic carbocycles. The fourth-order valence-corrected chi connectivity index (χ4v) is 4.59. The van der Waals surface area contributed by atoms with Crippen LogP contribution in [0.2, 0.25) is 15.1 Å². The number of nitrogens with zero attached hydrogens (tertiary/aromatic N) is 2. The number of piperazine rings is 1. The van der Waals surface area contributed by atoms with E-state index in [9.17, 15) is 9.59 Å². The summed E-state index contributed by atoms with van der Waals surface area (Å²) in [7, 11) is 0. The van der Waals surface area contributed by atoms with E-state index in [0.717, 1.165) is 18.8 Å². The van der Waals surface area contributed by atoms with Gasteiger partial charge in [0.05, 0.1) is 10.0 Å². The van der Waals surface area contributed by atoms with Gasteiger partial charge in [-0.3, -0.25) is 9.59 Å². The lowest BCUT2D eigenvalue weighted by molar-refractivity contribution is -0.139. The Balaban J connectivity index is 1.55. The van der Waals surface area contributed by atoms with Gasteiger partial charge in [0.15, 0.2) is 12.4 Å². The highest BCUT2D eigenvalue weighted by Crippen LogP contribution is 2.42. The highest BCUT2D eigenvalue weighted by molar-refractivity contribution is 6.42. The highest BCUT2D eigenvalue weighted by Gasteiger charge is 2.29. The number of nitrogens with one attached hydrogen (secondary N) is 1. The summed E-state index contributed by atoms with van der Waals surface area (Å²) in [5, 5.41) is 3.88. The van der Waals surface area contributed by atoms with Crippen molar-refractivity contribution in [2.24, 2.45) is 5.41 Å². The Labute approximate surface area is 216 Å². The smallest absolute Gasteiger partial charge is 0.262 e. The molecule has 2 aromatic rings. The Morgan fingerprint density at radius 3 is 1.94 bits per heavy atom. The lowest BCUT2D eigenvalue weighted by Crippen LogP contribution is -2.51. The Hall–Kier alpha value is -2.15. The topological polar surface area (TPSA) is 61.9 Å². The molecule has 6 nitrogen and oxygen atoms in total. The van der Waals surface area contributed by atoms with E-state index in [0.29, 0.717) is 45.0 Å². The Morgan fingerprint density at radius 1 is 0.912 bits per heavy atom. The van der Waals surface area contributed by atoms with E-state index in [2.05, 4.69) is 10.2 Å². The van der Waals surface area contributed by atoms with Gasteiger partial charge in [0, 0.05) is 48.0 Å². The number of carbonyl (C=O) groups is 2. The summed E-state index contributed by atoms with van der Waals surface area (Å²) in [5.41, 5.74) is 2.63. The van der Waals surface area contributed by atoms with Gasteiger partial charge in [0.25, 0.3) is 5.91 Å². The Kier molecular flexibility index (Phi) is 8.27. The molecule has 0 atom stereocenters. The van der Waals surface area contributed by atoms with Gasteiger partial charge in [-0.25, -0.2) is 0 Å². The molecule has 0 saturated carbocycles. The maximum absolute atomic E-state index is 12.5. The van der Waals surface area contributed by atoms with Gasteiger partial charge in [-0.1, -0.05) is 55.6 Å². The van der Waals surface area contributed by atoms with Crippen LogP contribution in [0.5, 0.6) is 5.75 Å². The second kappa shape index (κ2) is 10.6. The molecule has 0 unspecified atom stereocenters. The van der Waals surface area contributed by atoms with Crippen LogP contribution in [0, 0.1) is 19.3 Å². The summed E-state index contributed by atoms with van der Waals surface area (Å²) in [4.78, 5) is 29.0. The van der Waals surface area contributed by atoms with Crippen LogP contribution in [0.1, 0.15) is 31.9 Å². The van der Waals surface area contributed by atoms with Gasteiger partial charge >= 0.3 is 0 Å². The van der Waals surface area contributed by atoms with E-state index in [1.54, 1.807) is 13.8 Å². The van der Waals surface area contributed by atoms with Crippen molar-refractivity contribution in [3.63, 3.8) is 0 Å². The molecule has 1 N–H and O–H groups in total. The first-order valence-electron chi connectivity index (χ1n) is 11.1. The van der Waals surface area contributed by atoms with Crippen molar-refractivity contribution in [1.82, 2.24) is 4.90 Å². The first kappa shape index (κ1) is 26.5. The first-order chi connectivity index (χ1) is 15.9. The molecule has 2 aromatic carbocycles. The Bertz CT molecular complexity index is 1040. The quantitative estimate of drug-likeness (QED) is 0.521. The van der Waals surface area contributed by atoms with Crippen molar-refractivity contribution < 1.29 is 14.3 Å². The lowest BCUT2D eigenvalue weighted by Gasteiger charge is -2.38. The second-order valence-corrected chi connectivity index (χ2v) is 10.6. The van der Waals surface area contributed by atoms with Crippen molar-refractivity contribution in [2.75, 3.05) is 43.0 Å². The number of halogens is 3. The number of rotatable bonds is 5. The van der Waals surface area contributed by atoms with Crippen LogP contribution in [0.25, 0.3) is 0 Å². The number of amides is 2. The molecule has 0 bridgehead atoms. The van der Waals surface area contributed by atoms with Gasteiger partial charge in [0.2, 0.25) is 5.91 Å². The molecule has 3 rings (SSSR count). The van der Waals surface area contributed by atoms with Crippen LogP contribution in [0.4, 0.5) is 11.4 Å². The monoisotopic (exact) mass is 525 g/mol. The molecule has 9 heteroatoms. The maximum Gasteiger partial charge on any atom is 0.262 e. The maximum atomic E-state index is 12.5. The van der Waals surface area contributed by atoms with Crippen molar-refractivity contribution in [1.29, 1.82) is 0 Å². The predicted octanol–water partition coefficient (Wildman–Crippen LogP) is 5.98. The molecule has 1 fully saturated rings. The molecule has 0 radical (unpaired) electrons. The zero-order valence-electron chi connectivity index (χ0n) is 20.1. The summed E-state index contributed by atoms with van der Waals surface area (Å²) < 4.78 is 5.62. The number of benzene rings is 2. The van der Waals surface area contributed by atoms with Gasteiger partial charge in [-0.15, -0.1) is 0 Å². The van der Waals surface area contributed by atoms with E-state index < -0.39 is 0 Å². The van der Waals surface area contributed by atoms with Crippen molar-refractivity contribution in [3.05, 3.63) is 50.5 Å². The fourth-order valence-electron chi connectivity index (χ4n) is 3.77. The number of carbonyl (C=O) groups excluding carboxylic acids is 2. The molecular formula is C25H30Cl3N3O3. The zero-order chi connectivity index (χ0) is 25.2.